The molecule has 0 aliphatic rings. The van der Waals surface area contributed by atoms with Gasteiger partial charge in [0.25, 0.3) is 0 Å². The van der Waals surface area contributed by atoms with Gasteiger partial charge in [0.15, 0.2) is 0 Å². The van der Waals surface area contributed by atoms with E-state index in [1.54, 1.807) is 6.07 Å². The molecule has 0 fully saturated rings. The molecule has 21 heavy (non-hydrogen) atoms. The molecule has 0 saturated heterocycles. The van der Waals surface area contributed by atoms with Gasteiger partial charge in [-0.2, -0.15) is 0 Å². The van der Waals surface area contributed by atoms with Crippen LogP contribution in [0.2, 0.25) is 5.02 Å². The van der Waals surface area contributed by atoms with Gasteiger partial charge in [0.2, 0.25) is 10.0 Å². The van der Waals surface area contributed by atoms with Crippen LogP contribution in [0.3, 0.4) is 0 Å². The average Bonchev–Trinajstić information content (AvgIpc) is 2.90. The fourth-order valence-electron chi connectivity index (χ4n) is 1.65. The fourth-order valence-corrected chi connectivity index (χ4v) is 4.26. The van der Waals surface area contributed by atoms with Crippen LogP contribution in [-0.4, -0.2) is 20.1 Å². The number of aliphatic hydroxyl groups excluding tert-OH is 1. The highest BCUT2D eigenvalue weighted by Crippen LogP contribution is 2.22. The van der Waals surface area contributed by atoms with E-state index in [0.717, 1.165) is 16.2 Å². The fraction of sp³-hybridized carbons (Fsp3) is 0.231. The lowest BCUT2D eigenvalue weighted by molar-refractivity contribution is 0.300. The first-order valence-electron chi connectivity index (χ1n) is 6.05. The van der Waals surface area contributed by atoms with Crippen LogP contribution in [0.5, 0.6) is 0 Å². The topological polar surface area (TPSA) is 66.4 Å². The summed E-state index contributed by atoms with van der Waals surface area (Å²) in [4.78, 5) is 0.794. The molecule has 2 N–H and O–H groups in total. The van der Waals surface area contributed by atoms with E-state index in [2.05, 4.69) is 4.72 Å². The molecule has 1 aromatic heterocycles. The smallest absolute Gasteiger partial charge is 0.250 e. The van der Waals surface area contributed by atoms with E-state index >= 15 is 0 Å². The van der Waals surface area contributed by atoms with E-state index in [0.29, 0.717) is 12.0 Å². The van der Waals surface area contributed by atoms with E-state index in [1.807, 2.05) is 0 Å². The molecule has 0 aliphatic heterocycles. The predicted molar refractivity (Wildman–Crippen MR) is 80.5 cm³/mol. The number of aliphatic hydroxyl groups is 1. The summed E-state index contributed by atoms with van der Waals surface area (Å²) in [6, 6.07) is 7.21. The summed E-state index contributed by atoms with van der Waals surface area (Å²) >= 11 is 6.75. The summed E-state index contributed by atoms with van der Waals surface area (Å²) in [6.45, 7) is -0.00290. The number of nitrogens with one attached hydrogen (secondary N) is 1. The molecule has 8 heteroatoms. The van der Waals surface area contributed by atoms with Gasteiger partial charge in [0.1, 0.15) is 10.0 Å². The number of thiophene rings is 1. The third kappa shape index (κ3) is 4.24. The van der Waals surface area contributed by atoms with Gasteiger partial charge in [-0.05, 0) is 29.8 Å². The van der Waals surface area contributed by atoms with E-state index in [1.165, 1.54) is 24.3 Å². The van der Waals surface area contributed by atoms with Crippen molar-refractivity contribution in [2.75, 3.05) is 6.61 Å². The third-order valence-corrected chi connectivity index (χ3v) is 6.04. The number of rotatable bonds is 6. The monoisotopic (exact) mass is 349 g/mol. The van der Waals surface area contributed by atoms with Crippen LogP contribution in [0.15, 0.2) is 34.5 Å². The maximum Gasteiger partial charge on any atom is 0.250 e. The Morgan fingerprint density at radius 3 is 2.71 bits per heavy atom. The zero-order chi connectivity index (χ0) is 15.5. The van der Waals surface area contributed by atoms with Gasteiger partial charge in [-0.25, -0.2) is 17.5 Å². The molecule has 0 saturated carbocycles. The van der Waals surface area contributed by atoms with E-state index in [-0.39, 0.29) is 22.4 Å². The Hall–Kier alpha value is -0.990. The Bertz CT molecular complexity index is 731. The largest absolute Gasteiger partial charge is 0.396 e. The Labute approximate surface area is 131 Å². The Morgan fingerprint density at radius 2 is 2.05 bits per heavy atom. The first-order chi connectivity index (χ1) is 9.92. The zero-order valence-electron chi connectivity index (χ0n) is 10.8. The maximum absolute atomic E-state index is 13.0. The minimum atomic E-state index is -3.63. The highest BCUT2D eigenvalue weighted by molar-refractivity contribution is 7.91. The maximum atomic E-state index is 13.0. The molecule has 4 nitrogen and oxygen atoms in total. The van der Waals surface area contributed by atoms with Crippen LogP contribution < -0.4 is 4.72 Å². The van der Waals surface area contributed by atoms with Crippen molar-refractivity contribution in [3.05, 3.63) is 51.6 Å². The molecule has 2 aromatic rings. The van der Waals surface area contributed by atoms with Crippen LogP contribution in [0.1, 0.15) is 10.4 Å². The average molecular weight is 350 g/mol. The number of hydrogen-bond acceptors (Lipinski definition) is 4. The normalized spacial score (nSPS) is 11.8. The van der Waals surface area contributed by atoms with Crippen molar-refractivity contribution in [1.29, 1.82) is 0 Å². The predicted octanol–water partition coefficient (Wildman–Crippen LogP) is 2.55. The van der Waals surface area contributed by atoms with Gasteiger partial charge >= 0.3 is 0 Å². The second-order valence-corrected chi connectivity index (χ2v) is 7.84. The highest BCUT2D eigenvalue weighted by atomic mass is 35.5. The van der Waals surface area contributed by atoms with Gasteiger partial charge < -0.3 is 5.11 Å². The summed E-state index contributed by atoms with van der Waals surface area (Å²) in [7, 11) is -3.63. The number of halogens is 2. The first-order valence-corrected chi connectivity index (χ1v) is 8.73. The van der Waals surface area contributed by atoms with Crippen molar-refractivity contribution in [3.63, 3.8) is 0 Å². The van der Waals surface area contributed by atoms with Crippen molar-refractivity contribution < 1.29 is 17.9 Å². The number of sulfonamides is 1. The molecule has 0 radical (unpaired) electrons. The van der Waals surface area contributed by atoms with Gasteiger partial charge in [0.05, 0.1) is 5.02 Å². The zero-order valence-corrected chi connectivity index (χ0v) is 13.2. The Balaban J connectivity index is 2.08. The van der Waals surface area contributed by atoms with E-state index < -0.39 is 15.8 Å². The molecular weight excluding hydrogens is 337 g/mol. The Morgan fingerprint density at radius 1 is 1.29 bits per heavy atom. The van der Waals surface area contributed by atoms with Crippen LogP contribution >= 0.6 is 22.9 Å². The van der Waals surface area contributed by atoms with Crippen molar-refractivity contribution in [1.82, 2.24) is 4.72 Å². The molecule has 0 amide bonds. The van der Waals surface area contributed by atoms with E-state index in [9.17, 15) is 12.8 Å². The molecule has 1 heterocycles. The van der Waals surface area contributed by atoms with E-state index in [4.69, 9.17) is 16.7 Å². The summed E-state index contributed by atoms with van der Waals surface area (Å²) in [5.74, 6) is -0.546. The van der Waals surface area contributed by atoms with Crippen molar-refractivity contribution in [2.45, 2.75) is 17.2 Å². The standard InChI is InChI=1S/C13H13ClFNO3S2/c14-11-7-9(1-3-12(11)15)8-16-21(18,19)13-4-2-10(20-13)5-6-17/h1-4,7,16-17H,5-6,8H2. The molecule has 114 valence electrons. The van der Waals surface area contributed by atoms with Crippen LogP contribution in [-0.2, 0) is 23.0 Å². The molecule has 0 bridgehead atoms. The summed E-state index contributed by atoms with van der Waals surface area (Å²) < 4.78 is 39.8. The van der Waals surface area contributed by atoms with Crippen LogP contribution in [0, 0.1) is 5.82 Å². The van der Waals surface area contributed by atoms with Gasteiger partial charge in [-0.15, -0.1) is 11.3 Å². The SMILES string of the molecule is O=S(=O)(NCc1ccc(F)c(Cl)c1)c1ccc(CCO)s1. The molecule has 1 aromatic carbocycles. The lowest BCUT2D eigenvalue weighted by Crippen LogP contribution is -2.22. The quantitative estimate of drug-likeness (QED) is 0.842. The second kappa shape index (κ2) is 6.85. The summed E-state index contributed by atoms with van der Waals surface area (Å²) in [5.41, 5.74) is 0.567. The second-order valence-electron chi connectivity index (χ2n) is 4.27. The molecule has 0 atom stereocenters. The highest BCUT2D eigenvalue weighted by Gasteiger charge is 2.16. The van der Waals surface area contributed by atoms with Crippen LogP contribution in [0.4, 0.5) is 4.39 Å². The lowest BCUT2D eigenvalue weighted by Gasteiger charge is -2.05. The minimum Gasteiger partial charge on any atom is -0.396 e. The lowest BCUT2D eigenvalue weighted by atomic mass is 10.2. The third-order valence-electron chi connectivity index (χ3n) is 2.71. The summed E-state index contributed by atoms with van der Waals surface area (Å²) in [5, 5.41) is 8.78. The van der Waals surface area contributed by atoms with Crippen LogP contribution in [0.25, 0.3) is 0 Å². The van der Waals surface area contributed by atoms with Crippen molar-refractivity contribution in [3.8, 4) is 0 Å². The minimum absolute atomic E-state index is 0.0234. The summed E-state index contributed by atoms with van der Waals surface area (Å²) in [6.07, 6.45) is 0.424. The number of benzene rings is 1. The first kappa shape index (κ1) is 16.4. The molecule has 0 unspecified atom stereocenters. The van der Waals surface area contributed by atoms with Gasteiger partial charge in [0, 0.05) is 24.4 Å². The molecule has 0 aliphatic carbocycles. The molecular formula is C13H13ClFNO3S2. The van der Waals surface area contributed by atoms with Crippen molar-refractivity contribution in [2.24, 2.45) is 0 Å². The van der Waals surface area contributed by atoms with Gasteiger partial charge in [-0.3, -0.25) is 0 Å². The molecule has 2 rings (SSSR count). The Kier molecular flexibility index (Phi) is 5.34. The molecule has 0 spiro atoms. The van der Waals surface area contributed by atoms with Crippen molar-refractivity contribution >= 4 is 33.0 Å². The number of hydrogen-bond donors (Lipinski definition) is 2. The van der Waals surface area contributed by atoms with Gasteiger partial charge in [-0.1, -0.05) is 17.7 Å².